The molecule has 0 aliphatic heterocycles. The number of hydrogen-bond donors (Lipinski definition) is 1. The first-order valence-corrected chi connectivity index (χ1v) is 10.8. The maximum atomic E-state index is 13.5. The summed E-state index contributed by atoms with van der Waals surface area (Å²) < 4.78 is 80.9. The quantitative estimate of drug-likeness (QED) is 0.351. The lowest BCUT2D eigenvalue weighted by Crippen LogP contribution is -2.53. The topological polar surface area (TPSA) is 55.1 Å². The normalized spacial score (nSPS) is 12.8. The first kappa shape index (κ1) is 25.4. The van der Waals surface area contributed by atoms with Crippen LogP contribution in [0.4, 0.5) is 26.3 Å². The van der Waals surface area contributed by atoms with Gasteiger partial charge in [-0.2, -0.15) is 26.3 Å². The van der Waals surface area contributed by atoms with E-state index in [-0.39, 0.29) is 23.3 Å². The third-order valence-corrected chi connectivity index (χ3v) is 6.12. The smallest absolute Gasteiger partial charge is 0.369 e. The van der Waals surface area contributed by atoms with Crippen LogP contribution in [-0.4, -0.2) is 27.0 Å². The highest BCUT2D eigenvalue weighted by atomic mass is 19.4. The van der Waals surface area contributed by atoms with E-state index in [4.69, 9.17) is 0 Å². The molecule has 4 rings (SSSR count). The average Bonchev–Trinajstić information content (AvgIpc) is 2.80. The molecule has 1 N–H and O–H groups in total. The van der Waals surface area contributed by atoms with Crippen LogP contribution in [0.15, 0.2) is 71.5 Å². The minimum absolute atomic E-state index is 0.00834. The molecular formula is C26H20F6N2O2. The van der Waals surface area contributed by atoms with Crippen LogP contribution >= 0.6 is 0 Å². The summed E-state index contributed by atoms with van der Waals surface area (Å²) in [5.41, 5.74) is -4.05. The number of fused-ring (bicyclic) bond motifs is 1. The predicted octanol–water partition coefficient (Wildman–Crippen LogP) is 5.91. The number of benzene rings is 3. The van der Waals surface area contributed by atoms with Gasteiger partial charge in [0.05, 0.1) is 16.6 Å². The van der Waals surface area contributed by atoms with Gasteiger partial charge in [0.1, 0.15) is 5.82 Å². The summed E-state index contributed by atoms with van der Waals surface area (Å²) in [5.74, 6) is 0.247. The van der Waals surface area contributed by atoms with Crippen LogP contribution in [0.2, 0.25) is 0 Å². The maximum Gasteiger partial charge on any atom is 0.430 e. The maximum absolute atomic E-state index is 13.5. The summed E-state index contributed by atoms with van der Waals surface area (Å²) in [4.78, 5) is 18.1. The Kier molecular flexibility index (Phi) is 6.20. The van der Waals surface area contributed by atoms with Gasteiger partial charge in [0.2, 0.25) is 0 Å². The van der Waals surface area contributed by atoms with Crippen LogP contribution < -0.4 is 5.56 Å². The van der Waals surface area contributed by atoms with Gasteiger partial charge in [-0.15, -0.1) is 0 Å². The van der Waals surface area contributed by atoms with Crippen molar-refractivity contribution in [1.29, 1.82) is 0 Å². The average molecular weight is 506 g/mol. The zero-order chi connectivity index (χ0) is 26.5. The molecule has 0 atom stereocenters. The molecule has 188 valence electrons. The number of hydrogen-bond acceptors (Lipinski definition) is 3. The lowest BCUT2D eigenvalue weighted by atomic mass is 9.92. The number of aromatic nitrogens is 2. The molecule has 1 heterocycles. The highest BCUT2D eigenvalue weighted by Crippen LogP contribution is 2.50. The minimum atomic E-state index is -6.01. The van der Waals surface area contributed by atoms with Crippen molar-refractivity contribution in [3.63, 3.8) is 0 Å². The van der Waals surface area contributed by atoms with E-state index >= 15 is 0 Å². The fourth-order valence-electron chi connectivity index (χ4n) is 3.99. The Morgan fingerprint density at radius 2 is 1.39 bits per heavy atom. The van der Waals surface area contributed by atoms with E-state index in [1.807, 2.05) is 6.92 Å². The summed E-state index contributed by atoms with van der Waals surface area (Å²) in [6.07, 6.45) is -11.8. The number of halogens is 6. The molecule has 0 saturated carbocycles. The Balaban J connectivity index is 1.93. The number of nitrogens with zero attached hydrogens (tertiary/aromatic N) is 2. The van der Waals surface area contributed by atoms with E-state index in [2.05, 4.69) is 4.98 Å². The van der Waals surface area contributed by atoms with Crippen molar-refractivity contribution in [3.8, 4) is 5.69 Å². The number of rotatable bonds is 4. The Morgan fingerprint density at radius 3 is 1.94 bits per heavy atom. The molecule has 0 radical (unpaired) electrons. The SMILES string of the molecule is Cc1cc2nc(Cc3ccccc3)n(-c3ccc(C(O)(C(F)(F)F)C(F)(F)F)cc3)c(=O)c2cc1C. The van der Waals surface area contributed by atoms with Crippen molar-refractivity contribution in [2.75, 3.05) is 0 Å². The van der Waals surface area contributed by atoms with Gasteiger partial charge in [-0.25, -0.2) is 4.98 Å². The van der Waals surface area contributed by atoms with Crippen molar-refractivity contribution in [2.45, 2.75) is 38.2 Å². The van der Waals surface area contributed by atoms with E-state index in [9.17, 15) is 36.2 Å². The number of aliphatic hydroxyl groups is 1. The summed E-state index contributed by atoms with van der Waals surface area (Å²) in [6, 6.07) is 15.3. The highest BCUT2D eigenvalue weighted by Gasteiger charge is 2.71. The van der Waals surface area contributed by atoms with Crippen LogP contribution in [0.1, 0.15) is 28.1 Å². The second-order valence-corrected chi connectivity index (χ2v) is 8.54. The first-order valence-electron chi connectivity index (χ1n) is 10.8. The second kappa shape index (κ2) is 8.77. The van der Waals surface area contributed by atoms with Gasteiger partial charge in [-0.3, -0.25) is 9.36 Å². The molecule has 3 aromatic carbocycles. The molecule has 0 unspecified atom stereocenters. The van der Waals surface area contributed by atoms with Crippen LogP contribution in [0.25, 0.3) is 16.6 Å². The van der Waals surface area contributed by atoms with Crippen molar-refractivity contribution in [2.24, 2.45) is 0 Å². The molecule has 10 heteroatoms. The number of aryl methyl sites for hydroxylation is 2. The Morgan fingerprint density at radius 1 is 0.833 bits per heavy atom. The van der Waals surface area contributed by atoms with Crippen molar-refractivity contribution in [3.05, 3.63) is 105 Å². The monoisotopic (exact) mass is 506 g/mol. The molecule has 0 saturated heterocycles. The molecule has 4 nitrogen and oxygen atoms in total. The van der Waals surface area contributed by atoms with E-state index in [0.29, 0.717) is 17.6 Å². The summed E-state index contributed by atoms with van der Waals surface area (Å²) in [6.45, 7) is 3.67. The van der Waals surface area contributed by atoms with Gasteiger partial charge in [0.25, 0.3) is 11.2 Å². The molecule has 0 spiro atoms. The predicted molar refractivity (Wildman–Crippen MR) is 122 cm³/mol. The third-order valence-electron chi connectivity index (χ3n) is 6.12. The minimum Gasteiger partial charge on any atom is -0.369 e. The zero-order valence-corrected chi connectivity index (χ0v) is 19.1. The van der Waals surface area contributed by atoms with Gasteiger partial charge in [0, 0.05) is 12.0 Å². The first-order chi connectivity index (χ1) is 16.7. The molecule has 4 aromatic rings. The second-order valence-electron chi connectivity index (χ2n) is 8.54. The van der Waals surface area contributed by atoms with E-state index in [0.717, 1.165) is 33.4 Å². The zero-order valence-electron chi connectivity index (χ0n) is 19.1. The van der Waals surface area contributed by atoms with Crippen LogP contribution in [0.3, 0.4) is 0 Å². The summed E-state index contributed by atoms with van der Waals surface area (Å²) >= 11 is 0. The summed E-state index contributed by atoms with van der Waals surface area (Å²) in [5, 5.41) is 9.94. The van der Waals surface area contributed by atoms with Gasteiger partial charge >= 0.3 is 12.4 Å². The van der Waals surface area contributed by atoms with Crippen LogP contribution in [0, 0.1) is 13.8 Å². The molecule has 0 bridgehead atoms. The van der Waals surface area contributed by atoms with Crippen molar-refractivity contribution < 1.29 is 31.4 Å². The van der Waals surface area contributed by atoms with Gasteiger partial charge in [-0.1, -0.05) is 42.5 Å². The van der Waals surface area contributed by atoms with Crippen molar-refractivity contribution in [1.82, 2.24) is 9.55 Å². The van der Waals surface area contributed by atoms with E-state index in [1.165, 1.54) is 0 Å². The molecule has 0 fully saturated rings. The van der Waals surface area contributed by atoms with Gasteiger partial charge < -0.3 is 5.11 Å². The van der Waals surface area contributed by atoms with Gasteiger partial charge in [-0.05, 0) is 54.8 Å². The van der Waals surface area contributed by atoms with Crippen LogP contribution in [0.5, 0.6) is 0 Å². The highest BCUT2D eigenvalue weighted by molar-refractivity contribution is 5.80. The van der Waals surface area contributed by atoms with Crippen LogP contribution in [-0.2, 0) is 12.0 Å². The Bertz CT molecular complexity index is 1460. The molecule has 0 aliphatic carbocycles. The van der Waals surface area contributed by atoms with Gasteiger partial charge in [0.15, 0.2) is 0 Å². The third kappa shape index (κ3) is 4.26. The molecule has 0 aliphatic rings. The summed E-state index contributed by atoms with van der Waals surface area (Å²) in [7, 11) is 0. The van der Waals surface area contributed by atoms with E-state index < -0.39 is 29.1 Å². The standard InChI is InChI=1S/C26H20F6N2O2/c1-15-12-20-21(13-16(15)2)33-22(14-17-6-4-3-5-7-17)34(23(20)35)19-10-8-18(9-11-19)24(36,25(27,28)29)26(30,31)32/h3-13,36H,14H2,1-2H3. The largest absolute Gasteiger partial charge is 0.430 e. The lowest BCUT2D eigenvalue weighted by molar-refractivity contribution is -0.376. The Hall–Kier alpha value is -3.66. The molecular weight excluding hydrogens is 486 g/mol. The fourth-order valence-corrected chi connectivity index (χ4v) is 3.99. The van der Waals surface area contributed by atoms with Crippen molar-refractivity contribution >= 4 is 10.9 Å². The fraction of sp³-hybridized carbons (Fsp3) is 0.231. The lowest BCUT2D eigenvalue weighted by Gasteiger charge is -2.32. The molecule has 36 heavy (non-hydrogen) atoms. The van der Waals surface area contributed by atoms with E-state index in [1.54, 1.807) is 49.4 Å². The molecule has 0 amide bonds. The number of alkyl halides is 6. The molecule has 1 aromatic heterocycles. The Labute approximate surface area is 201 Å².